The normalized spacial score (nSPS) is 48.0. The van der Waals surface area contributed by atoms with Crippen molar-refractivity contribution in [3.63, 3.8) is 0 Å². The first-order valence-electron chi connectivity index (χ1n) is 4.74. The second kappa shape index (κ2) is 4.20. The Morgan fingerprint density at radius 3 is 1.35 bits per heavy atom. The number of alkyl halides is 4. The molecular weight excluding hydrogens is 353 g/mol. The van der Waals surface area contributed by atoms with Crippen LogP contribution in [0, 0.1) is 11.8 Å². The third-order valence-corrected chi connectivity index (χ3v) is 8.00. The van der Waals surface area contributed by atoms with E-state index in [0.29, 0.717) is 0 Å². The molecule has 0 aromatic heterocycles. The second-order valence-corrected chi connectivity index (χ2v) is 7.48. The van der Waals surface area contributed by atoms with Crippen molar-refractivity contribution in [2.45, 2.75) is 14.1 Å². The van der Waals surface area contributed by atoms with Gasteiger partial charge in [0.05, 0.1) is 10.1 Å². The zero-order chi connectivity index (χ0) is 13.2. The fraction of sp³-hybridized carbons (Fsp3) is 0.778. The predicted octanol–water partition coefficient (Wildman–Crippen LogP) is 3.05. The molecule has 0 saturated heterocycles. The van der Waals surface area contributed by atoms with Crippen molar-refractivity contribution < 1.29 is 10.2 Å². The number of fused-ring (bicyclic) bond motifs is 2. The number of rotatable bonds is 2. The largest absolute Gasteiger partial charge is 0.396 e. The maximum absolute atomic E-state index is 9.41. The van der Waals surface area contributed by atoms with E-state index in [1.54, 1.807) is 0 Å². The summed E-state index contributed by atoms with van der Waals surface area (Å²) in [5.41, 5.74) is 0. The van der Waals surface area contributed by atoms with Crippen molar-refractivity contribution in [2.75, 3.05) is 13.2 Å². The van der Waals surface area contributed by atoms with E-state index in [1.807, 2.05) is 0 Å². The molecule has 8 heteroatoms. The minimum Gasteiger partial charge on any atom is -0.396 e. The molecule has 2 rings (SSSR count). The lowest BCUT2D eigenvalue weighted by Gasteiger charge is -2.34. The van der Waals surface area contributed by atoms with Gasteiger partial charge in [-0.05, 0) is 0 Å². The van der Waals surface area contributed by atoms with Crippen LogP contribution in [0.15, 0.2) is 10.1 Å². The van der Waals surface area contributed by atoms with Crippen LogP contribution in [0.2, 0.25) is 0 Å². The molecule has 0 amide bonds. The maximum Gasteiger partial charge on any atom is 0.167 e. The Hall–Kier alpha value is 1.40. The predicted molar refractivity (Wildman–Crippen MR) is 71.5 cm³/mol. The smallest absolute Gasteiger partial charge is 0.167 e. The van der Waals surface area contributed by atoms with Crippen LogP contribution in [0.5, 0.6) is 0 Å². The Bertz CT molecular complexity index is 363. The zero-order valence-electron chi connectivity index (χ0n) is 8.23. The molecule has 1 unspecified atom stereocenters. The van der Waals surface area contributed by atoms with Crippen LogP contribution >= 0.6 is 69.6 Å². The summed E-state index contributed by atoms with van der Waals surface area (Å²) in [6, 6.07) is 0. The summed E-state index contributed by atoms with van der Waals surface area (Å²) < 4.78 is -1.70. The first kappa shape index (κ1) is 14.8. The van der Waals surface area contributed by atoms with Gasteiger partial charge in [-0.3, -0.25) is 0 Å². The molecule has 0 radical (unpaired) electrons. The van der Waals surface area contributed by atoms with Gasteiger partial charge in [-0.25, -0.2) is 0 Å². The lowest BCUT2D eigenvalue weighted by atomic mass is 9.83. The van der Waals surface area contributed by atoms with Gasteiger partial charge in [0.2, 0.25) is 0 Å². The van der Waals surface area contributed by atoms with Crippen LogP contribution in [0.3, 0.4) is 0 Å². The Kier molecular flexibility index (Phi) is 3.65. The van der Waals surface area contributed by atoms with Gasteiger partial charge in [-0.15, -0.1) is 23.2 Å². The van der Waals surface area contributed by atoms with Crippen molar-refractivity contribution in [1.82, 2.24) is 0 Å². The van der Waals surface area contributed by atoms with E-state index in [0.717, 1.165) is 0 Å². The minimum absolute atomic E-state index is 0.0320. The van der Waals surface area contributed by atoms with E-state index in [1.165, 1.54) is 0 Å². The summed E-state index contributed by atoms with van der Waals surface area (Å²) in [6.45, 7) is -0.713. The molecule has 98 valence electrons. The lowest BCUT2D eigenvalue weighted by Crippen LogP contribution is -2.45. The highest BCUT2D eigenvalue weighted by molar-refractivity contribution is 6.65. The number of hydrogen-bond acceptors (Lipinski definition) is 2. The van der Waals surface area contributed by atoms with Gasteiger partial charge in [0.15, 0.2) is 4.33 Å². The van der Waals surface area contributed by atoms with E-state index >= 15 is 0 Å². The van der Waals surface area contributed by atoms with Crippen molar-refractivity contribution in [3.05, 3.63) is 10.1 Å². The first-order valence-corrected chi connectivity index (χ1v) is 7.01. The second-order valence-electron chi connectivity index (χ2n) is 4.20. The molecule has 0 aliphatic heterocycles. The van der Waals surface area contributed by atoms with Gasteiger partial charge in [0, 0.05) is 25.0 Å². The highest BCUT2D eigenvalue weighted by Gasteiger charge is 2.81. The van der Waals surface area contributed by atoms with E-state index in [9.17, 15) is 10.2 Å². The topological polar surface area (TPSA) is 40.5 Å². The lowest BCUT2D eigenvalue weighted by molar-refractivity contribution is 0.120. The maximum atomic E-state index is 9.41. The average molecular weight is 361 g/mol. The summed E-state index contributed by atoms with van der Waals surface area (Å²) in [4.78, 5) is -2.97. The van der Waals surface area contributed by atoms with Crippen LogP contribution in [-0.4, -0.2) is 37.5 Å². The Balaban J connectivity index is 2.72. The van der Waals surface area contributed by atoms with Crippen molar-refractivity contribution >= 4 is 69.6 Å². The molecular formula is C9H8Cl6O2. The number of halogens is 6. The van der Waals surface area contributed by atoms with Gasteiger partial charge in [0.1, 0.15) is 9.75 Å². The summed E-state index contributed by atoms with van der Waals surface area (Å²) in [7, 11) is 0. The molecule has 1 saturated carbocycles. The molecule has 2 N–H and O–H groups in total. The molecule has 0 spiro atoms. The number of allylic oxidation sites excluding steroid dienone is 2. The molecule has 0 aromatic rings. The van der Waals surface area contributed by atoms with Crippen molar-refractivity contribution in [2.24, 2.45) is 11.8 Å². The number of aliphatic hydroxyl groups is 2. The van der Waals surface area contributed by atoms with Crippen LogP contribution in [0.4, 0.5) is 0 Å². The summed E-state index contributed by atoms with van der Waals surface area (Å²) in [5.74, 6) is -1.34. The molecule has 0 aromatic carbocycles. The monoisotopic (exact) mass is 358 g/mol. The van der Waals surface area contributed by atoms with Crippen LogP contribution < -0.4 is 0 Å². The molecule has 1 fully saturated rings. The van der Waals surface area contributed by atoms with Crippen LogP contribution in [-0.2, 0) is 0 Å². The molecule has 0 heterocycles. The van der Waals surface area contributed by atoms with E-state index in [2.05, 4.69) is 0 Å². The molecule has 2 aliphatic rings. The summed E-state index contributed by atoms with van der Waals surface area (Å²) >= 11 is 37.3. The van der Waals surface area contributed by atoms with Gasteiger partial charge >= 0.3 is 0 Å². The SMILES string of the molecule is OCC1[C@H](CO)[C@@]2(Cl)C(Cl)=C(Cl)[C@]1(Cl)C2(Cl)Cl. The van der Waals surface area contributed by atoms with E-state index in [-0.39, 0.29) is 23.3 Å². The Morgan fingerprint density at radius 1 is 0.824 bits per heavy atom. The fourth-order valence-electron chi connectivity index (χ4n) is 2.71. The quantitative estimate of drug-likeness (QED) is 0.743. The molecule has 17 heavy (non-hydrogen) atoms. The van der Waals surface area contributed by atoms with E-state index < -0.39 is 25.9 Å². The summed E-state index contributed by atoms with van der Waals surface area (Å²) in [6.07, 6.45) is 0. The third-order valence-electron chi connectivity index (χ3n) is 3.65. The highest BCUT2D eigenvalue weighted by atomic mass is 35.5. The number of hydrogen-bond donors (Lipinski definition) is 2. The summed E-state index contributed by atoms with van der Waals surface area (Å²) in [5, 5.41) is 18.9. The molecule has 4 atom stereocenters. The standard InChI is InChI=1S/C9H8Cl6O2/c10-5-6(11)8(13)4(2-17)3(1-16)7(5,12)9(8,14)15/h3-4,16-17H,1-2H2/t3-,4?,7+,8-/m0/s1. The van der Waals surface area contributed by atoms with Crippen LogP contribution in [0.25, 0.3) is 0 Å². The minimum atomic E-state index is -1.70. The molecule has 2 nitrogen and oxygen atoms in total. The van der Waals surface area contributed by atoms with Gasteiger partial charge < -0.3 is 10.2 Å². The van der Waals surface area contributed by atoms with Gasteiger partial charge in [-0.2, -0.15) is 0 Å². The highest BCUT2D eigenvalue weighted by Crippen LogP contribution is 2.75. The first-order chi connectivity index (χ1) is 7.71. The van der Waals surface area contributed by atoms with Gasteiger partial charge in [0.25, 0.3) is 0 Å². The number of aliphatic hydroxyl groups excluding tert-OH is 2. The van der Waals surface area contributed by atoms with Crippen molar-refractivity contribution in [3.8, 4) is 0 Å². The molecule has 2 aliphatic carbocycles. The fourth-order valence-corrected chi connectivity index (χ4v) is 5.78. The van der Waals surface area contributed by atoms with Gasteiger partial charge in [-0.1, -0.05) is 46.4 Å². The average Bonchev–Trinajstić information content (AvgIpc) is 2.48. The Morgan fingerprint density at radius 2 is 1.12 bits per heavy atom. The molecule has 2 bridgehead atoms. The van der Waals surface area contributed by atoms with Crippen LogP contribution in [0.1, 0.15) is 0 Å². The Labute approximate surface area is 128 Å². The third kappa shape index (κ3) is 1.34. The van der Waals surface area contributed by atoms with Crippen molar-refractivity contribution in [1.29, 1.82) is 0 Å². The van der Waals surface area contributed by atoms with E-state index in [4.69, 9.17) is 69.6 Å². The zero-order valence-corrected chi connectivity index (χ0v) is 12.8.